The first kappa shape index (κ1) is 24.9. The van der Waals surface area contributed by atoms with E-state index in [2.05, 4.69) is 10.6 Å². The zero-order valence-corrected chi connectivity index (χ0v) is 18.2. The molecule has 1 rings (SSSR count). The number of hydrogen-bond donors (Lipinski definition) is 3. The standard InChI is InChI=1S/C21H30N2O7/c1-20(2,3)29-18(27)15(23-19(28)30-21(4,5)6)12-16(24)22-14-9-7-13(8-10-14)11-17(25)26/h7-10,15H,11-12H2,1-6H3,(H,22,24)(H,23,28)(H,25,26)/t15-/m1/s1. The molecule has 0 aliphatic rings. The Morgan fingerprint density at radius 2 is 1.47 bits per heavy atom. The Morgan fingerprint density at radius 3 is 1.93 bits per heavy atom. The van der Waals surface area contributed by atoms with E-state index in [1.165, 1.54) is 0 Å². The van der Waals surface area contributed by atoms with Crippen molar-refractivity contribution in [1.29, 1.82) is 0 Å². The summed E-state index contributed by atoms with van der Waals surface area (Å²) in [6.45, 7) is 10.1. The van der Waals surface area contributed by atoms with Crippen molar-refractivity contribution in [1.82, 2.24) is 5.32 Å². The lowest BCUT2D eigenvalue weighted by atomic mass is 10.1. The third-order valence-corrected chi connectivity index (χ3v) is 3.36. The summed E-state index contributed by atoms with van der Waals surface area (Å²) in [5.41, 5.74) is -0.572. The van der Waals surface area contributed by atoms with Crippen LogP contribution in [0.1, 0.15) is 53.5 Å². The molecule has 0 spiro atoms. The van der Waals surface area contributed by atoms with Gasteiger partial charge in [-0.2, -0.15) is 0 Å². The Hall–Kier alpha value is -3.10. The van der Waals surface area contributed by atoms with Crippen molar-refractivity contribution >= 4 is 29.6 Å². The van der Waals surface area contributed by atoms with Gasteiger partial charge < -0.3 is 25.2 Å². The van der Waals surface area contributed by atoms with Gasteiger partial charge in [-0.1, -0.05) is 12.1 Å². The summed E-state index contributed by atoms with van der Waals surface area (Å²) in [7, 11) is 0. The Balaban J connectivity index is 2.83. The fraction of sp³-hybridized carbons (Fsp3) is 0.524. The maximum absolute atomic E-state index is 12.5. The molecule has 0 fully saturated rings. The number of alkyl carbamates (subject to hydrolysis) is 1. The second-order valence-electron chi connectivity index (χ2n) is 8.75. The van der Waals surface area contributed by atoms with Gasteiger partial charge in [-0.3, -0.25) is 9.59 Å². The van der Waals surface area contributed by atoms with Crippen LogP contribution in [-0.2, 0) is 30.3 Å². The van der Waals surface area contributed by atoms with Crippen molar-refractivity contribution in [2.75, 3.05) is 5.32 Å². The molecule has 0 saturated carbocycles. The number of carbonyl (C=O) groups excluding carboxylic acids is 3. The number of carbonyl (C=O) groups is 4. The molecule has 9 nitrogen and oxygen atoms in total. The predicted molar refractivity (Wildman–Crippen MR) is 110 cm³/mol. The normalized spacial score (nSPS) is 12.5. The monoisotopic (exact) mass is 422 g/mol. The van der Waals surface area contributed by atoms with E-state index in [9.17, 15) is 19.2 Å². The number of carboxylic acids is 1. The van der Waals surface area contributed by atoms with E-state index in [0.717, 1.165) is 0 Å². The molecule has 1 atom stereocenters. The zero-order valence-electron chi connectivity index (χ0n) is 18.2. The van der Waals surface area contributed by atoms with Gasteiger partial charge in [0.15, 0.2) is 0 Å². The van der Waals surface area contributed by atoms with E-state index in [0.29, 0.717) is 11.3 Å². The van der Waals surface area contributed by atoms with Gasteiger partial charge in [0.2, 0.25) is 5.91 Å². The van der Waals surface area contributed by atoms with Crippen molar-refractivity contribution in [2.24, 2.45) is 0 Å². The minimum Gasteiger partial charge on any atom is -0.481 e. The van der Waals surface area contributed by atoms with Gasteiger partial charge in [0.1, 0.15) is 17.2 Å². The quantitative estimate of drug-likeness (QED) is 0.576. The van der Waals surface area contributed by atoms with E-state index in [1.807, 2.05) is 0 Å². The summed E-state index contributed by atoms with van der Waals surface area (Å²) in [6, 6.07) is 5.02. The molecule has 1 aromatic carbocycles. The molecule has 0 heterocycles. The number of hydrogen-bond acceptors (Lipinski definition) is 6. The Labute approximate surface area is 176 Å². The Bertz CT molecular complexity index is 774. The van der Waals surface area contributed by atoms with Crippen molar-refractivity contribution in [3.63, 3.8) is 0 Å². The first-order valence-electron chi connectivity index (χ1n) is 9.47. The lowest BCUT2D eigenvalue weighted by molar-refractivity contribution is -0.158. The van der Waals surface area contributed by atoms with Gasteiger partial charge in [0.25, 0.3) is 0 Å². The summed E-state index contributed by atoms with van der Waals surface area (Å²) in [4.78, 5) is 47.7. The molecule has 0 saturated heterocycles. The maximum Gasteiger partial charge on any atom is 0.408 e. The van der Waals surface area contributed by atoms with Crippen LogP contribution < -0.4 is 10.6 Å². The summed E-state index contributed by atoms with van der Waals surface area (Å²) < 4.78 is 10.4. The number of amides is 2. The zero-order chi connectivity index (χ0) is 23.1. The highest BCUT2D eigenvalue weighted by Crippen LogP contribution is 2.14. The van der Waals surface area contributed by atoms with E-state index < -0.39 is 41.2 Å². The second kappa shape index (κ2) is 10.1. The lowest BCUT2D eigenvalue weighted by Crippen LogP contribution is -2.47. The van der Waals surface area contributed by atoms with E-state index in [1.54, 1.807) is 65.8 Å². The number of benzene rings is 1. The maximum atomic E-state index is 12.5. The Kier molecular flexibility index (Phi) is 8.38. The van der Waals surface area contributed by atoms with E-state index in [-0.39, 0.29) is 12.8 Å². The highest BCUT2D eigenvalue weighted by molar-refractivity contribution is 5.95. The lowest BCUT2D eigenvalue weighted by Gasteiger charge is -2.26. The molecule has 166 valence electrons. The van der Waals surface area contributed by atoms with Gasteiger partial charge in [0, 0.05) is 5.69 Å². The number of esters is 1. The van der Waals surface area contributed by atoms with E-state index >= 15 is 0 Å². The number of carboxylic acid groups (broad SMARTS) is 1. The molecular weight excluding hydrogens is 392 g/mol. The number of ether oxygens (including phenoxy) is 2. The average Bonchev–Trinajstić information content (AvgIpc) is 2.52. The Morgan fingerprint density at radius 1 is 0.933 bits per heavy atom. The third kappa shape index (κ3) is 10.4. The van der Waals surface area contributed by atoms with Crippen molar-refractivity contribution in [3.05, 3.63) is 29.8 Å². The topological polar surface area (TPSA) is 131 Å². The van der Waals surface area contributed by atoms with Crippen LogP contribution in [-0.4, -0.2) is 46.3 Å². The molecule has 9 heteroatoms. The SMILES string of the molecule is CC(C)(C)OC(=O)N[C@H](CC(=O)Nc1ccc(CC(=O)O)cc1)C(=O)OC(C)(C)C. The smallest absolute Gasteiger partial charge is 0.408 e. The van der Waals surface area contributed by atoms with Crippen LogP contribution in [0.2, 0.25) is 0 Å². The van der Waals surface area contributed by atoms with Crippen molar-refractivity contribution in [2.45, 2.75) is 71.6 Å². The number of anilines is 1. The summed E-state index contributed by atoms with van der Waals surface area (Å²) >= 11 is 0. The first-order valence-corrected chi connectivity index (χ1v) is 9.47. The van der Waals surface area contributed by atoms with Gasteiger partial charge in [-0.15, -0.1) is 0 Å². The second-order valence-corrected chi connectivity index (χ2v) is 8.75. The van der Waals surface area contributed by atoms with Crippen LogP contribution in [0.4, 0.5) is 10.5 Å². The number of aliphatic carboxylic acids is 1. The molecule has 0 aliphatic heterocycles. The van der Waals surface area contributed by atoms with Crippen LogP contribution >= 0.6 is 0 Å². The van der Waals surface area contributed by atoms with Gasteiger partial charge >= 0.3 is 18.0 Å². The first-order chi connectivity index (χ1) is 13.6. The summed E-state index contributed by atoms with van der Waals surface area (Å²) in [5, 5.41) is 13.8. The molecule has 2 amide bonds. The molecule has 0 aromatic heterocycles. The predicted octanol–water partition coefficient (Wildman–Crippen LogP) is 2.88. The molecular formula is C21H30N2O7. The van der Waals surface area contributed by atoms with Gasteiger partial charge in [-0.25, -0.2) is 9.59 Å². The van der Waals surface area contributed by atoms with Crippen molar-refractivity contribution in [3.8, 4) is 0 Å². The molecule has 1 aromatic rings. The largest absolute Gasteiger partial charge is 0.481 e. The third-order valence-electron chi connectivity index (χ3n) is 3.36. The molecule has 0 aliphatic carbocycles. The minimum atomic E-state index is -1.25. The van der Waals surface area contributed by atoms with Gasteiger partial charge in [0.05, 0.1) is 12.8 Å². The molecule has 30 heavy (non-hydrogen) atoms. The van der Waals surface area contributed by atoms with E-state index in [4.69, 9.17) is 14.6 Å². The molecule has 3 N–H and O–H groups in total. The summed E-state index contributed by atoms with van der Waals surface area (Å²) in [6.07, 6.45) is -1.34. The van der Waals surface area contributed by atoms with Crippen LogP contribution in [0, 0.1) is 0 Å². The fourth-order valence-corrected chi connectivity index (χ4v) is 2.29. The molecule has 0 radical (unpaired) electrons. The number of nitrogens with one attached hydrogen (secondary N) is 2. The van der Waals surface area contributed by atoms with Crippen LogP contribution in [0.25, 0.3) is 0 Å². The minimum absolute atomic E-state index is 0.130. The van der Waals surface area contributed by atoms with Crippen molar-refractivity contribution < 1.29 is 33.8 Å². The molecule has 0 unspecified atom stereocenters. The van der Waals surface area contributed by atoms with Gasteiger partial charge in [-0.05, 0) is 59.2 Å². The highest BCUT2D eigenvalue weighted by Gasteiger charge is 2.30. The van der Waals surface area contributed by atoms with Crippen LogP contribution in [0.15, 0.2) is 24.3 Å². The fourth-order valence-electron chi connectivity index (χ4n) is 2.29. The van der Waals surface area contributed by atoms with Crippen LogP contribution in [0.3, 0.4) is 0 Å². The number of rotatable bonds is 7. The highest BCUT2D eigenvalue weighted by atomic mass is 16.6. The van der Waals surface area contributed by atoms with Crippen LogP contribution in [0.5, 0.6) is 0 Å². The molecule has 0 bridgehead atoms. The summed E-state index contributed by atoms with van der Waals surface area (Å²) in [5.74, 6) is -2.26. The average molecular weight is 422 g/mol.